The molecule has 0 saturated carbocycles. The fourth-order valence-corrected chi connectivity index (χ4v) is 3.06. The zero-order valence-corrected chi connectivity index (χ0v) is 14.6. The summed E-state index contributed by atoms with van der Waals surface area (Å²) in [6, 6.07) is 22.1. The lowest BCUT2D eigenvalue weighted by molar-refractivity contribution is 0.290. The van der Waals surface area contributed by atoms with Crippen LogP contribution in [0.4, 0.5) is 4.39 Å². The first-order valence-corrected chi connectivity index (χ1v) is 8.59. The zero-order chi connectivity index (χ0) is 17.9. The summed E-state index contributed by atoms with van der Waals surface area (Å²) in [7, 11) is 0. The van der Waals surface area contributed by atoms with Crippen LogP contribution in [-0.4, -0.2) is 4.98 Å². The zero-order valence-electron chi connectivity index (χ0n) is 13.8. The van der Waals surface area contributed by atoms with Crippen LogP contribution in [0.25, 0.3) is 22.0 Å². The van der Waals surface area contributed by atoms with Gasteiger partial charge in [0.05, 0.1) is 5.52 Å². The Balaban J connectivity index is 1.64. The van der Waals surface area contributed by atoms with Crippen LogP contribution < -0.4 is 4.74 Å². The molecule has 0 radical (unpaired) electrons. The number of rotatable bonds is 4. The van der Waals surface area contributed by atoms with E-state index in [1.165, 1.54) is 6.07 Å². The van der Waals surface area contributed by atoms with Gasteiger partial charge in [-0.15, -0.1) is 0 Å². The molecule has 0 bridgehead atoms. The van der Waals surface area contributed by atoms with E-state index in [1.54, 1.807) is 18.3 Å². The summed E-state index contributed by atoms with van der Waals surface area (Å²) < 4.78 is 20.2. The standard InChI is InChI=1S/C22H15ClFNO/c23-17-7-8-19-18(10-11-25-21(19)13-17)16-6-9-22(20(24)12-16)26-14-15-4-2-1-3-5-15/h1-13H,14H2. The highest BCUT2D eigenvalue weighted by Gasteiger charge is 2.10. The lowest BCUT2D eigenvalue weighted by Gasteiger charge is -2.10. The van der Waals surface area contributed by atoms with Crippen LogP contribution in [0.3, 0.4) is 0 Å². The molecule has 0 aliphatic heterocycles. The molecule has 0 aliphatic rings. The average Bonchev–Trinajstić information content (AvgIpc) is 2.67. The van der Waals surface area contributed by atoms with Crippen molar-refractivity contribution in [2.24, 2.45) is 0 Å². The van der Waals surface area contributed by atoms with Crippen LogP contribution in [0.15, 0.2) is 79.0 Å². The SMILES string of the molecule is Fc1cc(-c2ccnc3cc(Cl)ccc23)ccc1OCc1ccccc1. The molecule has 1 aromatic heterocycles. The number of nitrogens with zero attached hydrogens (tertiary/aromatic N) is 1. The highest BCUT2D eigenvalue weighted by atomic mass is 35.5. The maximum Gasteiger partial charge on any atom is 0.165 e. The van der Waals surface area contributed by atoms with Gasteiger partial charge in [-0.2, -0.15) is 0 Å². The van der Waals surface area contributed by atoms with E-state index in [0.717, 1.165) is 27.6 Å². The van der Waals surface area contributed by atoms with Crippen LogP contribution >= 0.6 is 11.6 Å². The van der Waals surface area contributed by atoms with E-state index in [0.29, 0.717) is 11.6 Å². The quantitative estimate of drug-likeness (QED) is 0.426. The van der Waals surface area contributed by atoms with Gasteiger partial charge in [-0.1, -0.05) is 54.1 Å². The maximum atomic E-state index is 14.5. The molecule has 0 amide bonds. The van der Waals surface area contributed by atoms with Gasteiger partial charge in [0, 0.05) is 16.6 Å². The highest BCUT2D eigenvalue weighted by molar-refractivity contribution is 6.31. The molecule has 2 nitrogen and oxygen atoms in total. The third-order valence-electron chi connectivity index (χ3n) is 4.18. The van der Waals surface area contributed by atoms with Crippen LogP contribution in [0, 0.1) is 5.82 Å². The smallest absolute Gasteiger partial charge is 0.165 e. The van der Waals surface area contributed by atoms with Crippen molar-refractivity contribution in [3.8, 4) is 16.9 Å². The second kappa shape index (κ2) is 7.14. The Hall–Kier alpha value is -2.91. The first kappa shape index (κ1) is 16.6. The number of benzene rings is 3. The molecule has 0 spiro atoms. The first-order valence-electron chi connectivity index (χ1n) is 8.21. The maximum absolute atomic E-state index is 14.5. The average molecular weight is 364 g/mol. The molecule has 0 saturated heterocycles. The minimum Gasteiger partial charge on any atom is -0.486 e. The van der Waals surface area contributed by atoms with Crippen molar-refractivity contribution in [2.75, 3.05) is 0 Å². The van der Waals surface area contributed by atoms with Crippen molar-refractivity contribution >= 4 is 22.5 Å². The van der Waals surface area contributed by atoms with Crippen LogP contribution in [-0.2, 0) is 6.61 Å². The molecule has 3 aromatic carbocycles. The third-order valence-corrected chi connectivity index (χ3v) is 4.42. The Morgan fingerprint density at radius 3 is 2.58 bits per heavy atom. The number of ether oxygens (including phenoxy) is 1. The number of halogens is 2. The second-order valence-corrected chi connectivity index (χ2v) is 6.38. The summed E-state index contributed by atoms with van der Waals surface area (Å²) in [6.07, 6.45) is 1.70. The van der Waals surface area contributed by atoms with E-state index in [2.05, 4.69) is 4.98 Å². The summed E-state index contributed by atoms with van der Waals surface area (Å²) in [5.74, 6) is -0.156. The van der Waals surface area contributed by atoms with Crippen molar-refractivity contribution < 1.29 is 9.13 Å². The minimum absolute atomic E-state index is 0.235. The molecule has 0 fully saturated rings. The summed E-state index contributed by atoms with van der Waals surface area (Å²) in [5, 5.41) is 1.55. The predicted octanol–water partition coefficient (Wildman–Crippen LogP) is 6.27. The molecule has 0 N–H and O–H groups in total. The van der Waals surface area contributed by atoms with E-state index in [9.17, 15) is 4.39 Å². The monoisotopic (exact) mass is 363 g/mol. The van der Waals surface area contributed by atoms with Gasteiger partial charge < -0.3 is 4.74 Å². The van der Waals surface area contributed by atoms with Gasteiger partial charge in [-0.25, -0.2) is 4.39 Å². The van der Waals surface area contributed by atoms with Crippen molar-refractivity contribution in [1.82, 2.24) is 4.98 Å². The number of aromatic nitrogens is 1. The van der Waals surface area contributed by atoms with Crippen molar-refractivity contribution in [3.63, 3.8) is 0 Å². The van der Waals surface area contributed by atoms with Crippen LogP contribution in [0.5, 0.6) is 5.75 Å². The van der Waals surface area contributed by atoms with Gasteiger partial charge in [-0.05, 0) is 47.0 Å². The summed E-state index contributed by atoms with van der Waals surface area (Å²) in [5.41, 5.74) is 3.44. The molecule has 4 heteroatoms. The Bertz CT molecular complexity index is 1070. The predicted molar refractivity (Wildman–Crippen MR) is 103 cm³/mol. The van der Waals surface area contributed by atoms with E-state index in [4.69, 9.17) is 16.3 Å². The van der Waals surface area contributed by atoms with Crippen molar-refractivity contribution in [3.05, 3.63) is 95.4 Å². The fourth-order valence-electron chi connectivity index (χ4n) is 2.89. The molecular weight excluding hydrogens is 349 g/mol. The van der Waals surface area contributed by atoms with E-state index < -0.39 is 5.82 Å². The fraction of sp³-hybridized carbons (Fsp3) is 0.0455. The highest BCUT2D eigenvalue weighted by Crippen LogP contribution is 2.31. The van der Waals surface area contributed by atoms with E-state index in [1.807, 2.05) is 54.6 Å². The van der Waals surface area contributed by atoms with Gasteiger partial charge in [-0.3, -0.25) is 4.98 Å². The summed E-state index contributed by atoms with van der Waals surface area (Å²) in [6.45, 7) is 0.327. The Labute approximate surface area is 155 Å². The van der Waals surface area contributed by atoms with Crippen LogP contribution in [0.2, 0.25) is 5.02 Å². The molecule has 1 heterocycles. The number of pyridine rings is 1. The molecule has 0 unspecified atom stereocenters. The lowest BCUT2D eigenvalue weighted by atomic mass is 10.0. The molecule has 4 rings (SSSR count). The van der Waals surface area contributed by atoms with E-state index in [-0.39, 0.29) is 5.75 Å². The molecule has 4 aromatic rings. The molecule has 0 aliphatic carbocycles. The van der Waals surface area contributed by atoms with Gasteiger partial charge in [0.1, 0.15) is 6.61 Å². The Morgan fingerprint density at radius 1 is 0.923 bits per heavy atom. The Kier molecular flexibility index (Phi) is 4.55. The van der Waals surface area contributed by atoms with Crippen molar-refractivity contribution in [2.45, 2.75) is 6.61 Å². The minimum atomic E-state index is -0.391. The van der Waals surface area contributed by atoms with Gasteiger partial charge >= 0.3 is 0 Å². The summed E-state index contributed by atoms with van der Waals surface area (Å²) >= 11 is 6.03. The summed E-state index contributed by atoms with van der Waals surface area (Å²) in [4.78, 5) is 4.33. The molecule has 26 heavy (non-hydrogen) atoms. The second-order valence-electron chi connectivity index (χ2n) is 5.94. The first-order chi connectivity index (χ1) is 12.7. The topological polar surface area (TPSA) is 22.1 Å². The normalized spacial score (nSPS) is 10.8. The number of hydrogen-bond donors (Lipinski definition) is 0. The third kappa shape index (κ3) is 3.39. The number of hydrogen-bond acceptors (Lipinski definition) is 2. The number of fused-ring (bicyclic) bond motifs is 1. The van der Waals surface area contributed by atoms with Gasteiger partial charge in [0.15, 0.2) is 11.6 Å². The van der Waals surface area contributed by atoms with Crippen molar-refractivity contribution in [1.29, 1.82) is 0 Å². The largest absolute Gasteiger partial charge is 0.486 e. The van der Waals surface area contributed by atoms with Crippen LogP contribution in [0.1, 0.15) is 5.56 Å². The van der Waals surface area contributed by atoms with Gasteiger partial charge in [0.25, 0.3) is 0 Å². The Morgan fingerprint density at radius 2 is 1.77 bits per heavy atom. The van der Waals surface area contributed by atoms with E-state index >= 15 is 0 Å². The molecular formula is C22H15ClFNO. The molecule has 0 atom stereocenters. The van der Waals surface area contributed by atoms with Gasteiger partial charge in [0.2, 0.25) is 0 Å². The lowest BCUT2D eigenvalue weighted by Crippen LogP contribution is -1.97. The molecule has 128 valence electrons.